The van der Waals surface area contributed by atoms with Gasteiger partial charge >= 0.3 is 0 Å². The van der Waals surface area contributed by atoms with E-state index in [0.717, 1.165) is 11.5 Å². The number of benzene rings is 1. The van der Waals surface area contributed by atoms with E-state index in [1.54, 1.807) is 7.11 Å². The van der Waals surface area contributed by atoms with Gasteiger partial charge in [0.25, 0.3) is 0 Å². The van der Waals surface area contributed by atoms with Crippen molar-refractivity contribution in [3.8, 4) is 11.5 Å². The van der Waals surface area contributed by atoms with Crippen LogP contribution in [-0.2, 0) is 0 Å². The topological polar surface area (TPSA) is 18.5 Å². The van der Waals surface area contributed by atoms with Crippen LogP contribution in [0.1, 0.15) is 18.1 Å². The molecule has 0 aliphatic heterocycles. The van der Waals surface area contributed by atoms with E-state index >= 15 is 0 Å². The van der Waals surface area contributed by atoms with Gasteiger partial charge in [0.05, 0.1) is 13.7 Å². The molecule has 0 radical (unpaired) electrons. The molecule has 0 aromatic heterocycles. The second-order valence-electron chi connectivity index (χ2n) is 3.02. The van der Waals surface area contributed by atoms with Crippen LogP contribution in [0.25, 0.3) is 0 Å². The number of methoxy groups -OCH3 is 1. The van der Waals surface area contributed by atoms with Crippen LogP contribution in [0.2, 0.25) is 0 Å². The van der Waals surface area contributed by atoms with Gasteiger partial charge in [-0.2, -0.15) is 0 Å². The van der Waals surface area contributed by atoms with Crippen LogP contribution in [0.15, 0.2) is 12.1 Å². The van der Waals surface area contributed by atoms with Gasteiger partial charge < -0.3 is 9.47 Å². The smallest absolute Gasteiger partial charge is 0.161 e. The van der Waals surface area contributed by atoms with Gasteiger partial charge in [-0.05, 0) is 44.0 Å². The summed E-state index contributed by atoms with van der Waals surface area (Å²) < 4.78 is 10.6. The first-order chi connectivity index (χ1) is 6.19. The number of aryl methyl sites for hydroxylation is 2. The zero-order valence-corrected chi connectivity index (χ0v) is 8.68. The fourth-order valence-corrected chi connectivity index (χ4v) is 1.19. The lowest BCUT2D eigenvalue weighted by molar-refractivity contribution is 0.310. The molecular weight excluding hydrogens is 164 g/mol. The Labute approximate surface area is 79.5 Å². The molecule has 0 saturated carbocycles. The molecule has 13 heavy (non-hydrogen) atoms. The van der Waals surface area contributed by atoms with Crippen molar-refractivity contribution < 1.29 is 9.47 Å². The molecular formula is C11H16O2. The maximum Gasteiger partial charge on any atom is 0.161 e. The summed E-state index contributed by atoms with van der Waals surface area (Å²) in [6.45, 7) is 6.76. The molecule has 0 atom stereocenters. The fourth-order valence-electron chi connectivity index (χ4n) is 1.19. The average molecular weight is 180 g/mol. The summed E-state index contributed by atoms with van der Waals surface area (Å²) in [5.74, 6) is 1.64. The van der Waals surface area contributed by atoms with E-state index in [1.807, 2.05) is 19.1 Å². The van der Waals surface area contributed by atoms with Crippen molar-refractivity contribution in [2.24, 2.45) is 0 Å². The molecule has 2 nitrogen and oxygen atoms in total. The number of ether oxygens (including phenoxy) is 2. The third-order valence-electron chi connectivity index (χ3n) is 2.08. The molecule has 1 rings (SSSR count). The highest BCUT2D eigenvalue weighted by Gasteiger charge is 2.05. The summed E-state index contributed by atoms with van der Waals surface area (Å²) in [4.78, 5) is 0. The minimum atomic E-state index is 0.666. The van der Waals surface area contributed by atoms with Crippen LogP contribution in [0.4, 0.5) is 0 Å². The van der Waals surface area contributed by atoms with Gasteiger partial charge in [0.2, 0.25) is 0 Å². The van der Waals surface area contributed by atoms with E-state index in [2.05, 4.69) is 13.8 Å². The molecule has 0 aliphatic rings. The Balaban J connectivity index is 3.09. The molecule has 0 N–H and O–H groups in total. The second-order valence-corrected chi connectivity index (χ2v) is 3.02. The molecule has 0 bridgehead atoms. The van der Waals surface area contributed by atoms with Gasteiger partial charge in [0.1, 0.15) is 0 Å². The Kier molecular flexibility index (Phi) is 3.18. The molecule has 1 aromatic carbocycles. The van der Waals surface area contributed by atoms with Gasteiger partial charge in [0, 0.05) is 0 Å². The third-order valence-corrected chi connectivity index (χ3v) is 2.08. The Morgan fingerprint density at radius 1 is 1.08 bits per heavy atom. The highest BCUT2D eigenvalue weighted by molar-refractivity contribution is 5.46. The molecule has 0 heterocycles. The van der Waals surface area contributed by atoms with Crippen LogP contribution >= 0.6 is 0 Å². The van der Waals surface area contributed by atoms with Crippen molar-refractivity contribution in [2.75, 3.05) is 13.7 Å². The molecule has 0 saturated heterocycles. The minimum Gasteiger partial charge on any atom is -0.493 e. The Morgan fingerprint density at radius 2 is 1.62 bits per heavy atom. The number of rotatable bonds is 3. The van der Waals surface area contributed by atoms with Crippen LogP contribution in [-0.4, -0.2) is 13.7 Å². The van der Waals surface area contributed by atoms with Crippen molar-refractivity contribution >= 4 is 0 Å². The Morgan fingerprint density at radius 3 is 2.08 bits per heavy atom. The number of hydrogen-bond acceptors (Lipinski definition) is 2. The van der Waals surface area contributed by atoms with E-state index in [0.29, 0.717) is 6.61 Å². The maximum atomic E-state index is 5.44. The van der Waals surface area contributed by atoms with E-state index < -0.39 is 0 Å². The summed E-state index contributed by atoms with van der Waals surface area (Å²) in [6.07, 6.45) is 0. The first kappa shape index (κ1) is 9.90. The molecule has 0 spiro atoms. The normalized spacial score (nSPS) is 9.85. The molecule has 72 valence electrons. The van der Waals surface area contributed by atoms with Crippen LogP contribution in [0, 0.1) is 13.8 Å². The van der Waals surface area contributed by atoms with E-state index in [-0.39, 0.29) is 0 Å². The monoisotopic (exact) mass is 180 g/mol. The average Bonchev–Trinajstić information content (AvgIpc) is 2.11. The van der Waals surface area contributed by atoms with E-state index in [1.165, 1.54) is 11.1 Å². The molecule has 0 unspecified atom stereocenters. The predicted molar refractivity (Wildman–Crippen MR) is 53.6 cm³/mol. The maximum absolute atomic E-state index is 5.44. The van der Waals surface area contributed by atoms with Gasteiger partial charge in [-0.15, -0.1) is 0 Å². The summed E-state index contributed by atoms with van der Waals surface area (Å²) in [5, 5.41) is 0. The third kappa shape index (κ3) is 2.14. The SMILES string of the molecule is CCOc1cc(C)c(C)cc1OC. The molecule has 0 fully saturated rings. The largest absolute Gasteiger partial charge is 0.493 e. The predicted octanol–water partition coefficient (Wildman–Crippen LogP) is 2.71. The van der Waals surface area contributed by atoms with Crippen molar-refractivity contribution in [3.05, 3.63) is 23.3 Å². The Hall–Kier alpha value is -1.18. The first-order valence-corrected chi connectivity index (χ1v) is 4.47. The highest BCUT2D eigenvalue weighted by Crippen LogP contribution is 2.29. The highest BCUT2D eigenvalue weighted by atomic mass is 16.5. The zero-order valence-electron chi connectivity index (χ0n) is 8.68. The van der Waals surface area contributed by atoms with Gasteiger partial charge in [0.15, 0.2) is 11.5 Å². The summed E-state index contributed by atoms with van der Waals surface area (Å²) in [5.41, 5.74) is 2.45. The molecule has 0 amide bonds. The van der Waals surface area contributed by atoms with Crippen LogP contribution in [0.3, 0.4) is 0 Å². The summed E-state index contributed by atoms with van der Waals surface area (Å²) in [7, 11) is 1.66. The summed E-state index contributed by atoms with van der Waals surface area (Å²) >= 11 is 0. The minimum absolute atomic E-state index is 0.666. The lowest BCUT2D eigenvalue weighted by Crippen LogP contribution is -1.96. The van der Waals surface area contributed by atoms with E-state index in [9.17, 15) is 0 Å². The molecule has 2 heteroatoms. The molecule has 0 aliphatic carbocycles. The lowest BCUT2D eigenvalue weighted by Gasteiger charge is -2.11. The van der Waals surface area contributed by atoms with Crippen molar-refractivity contribution in [1.29, 1.82) is 0 Å². The van der Waals surface area contributed by atoms with Crippen LogP contribution in [0.5, 0.6) is 11.5 Å². The zero-order chi connectivity index (χ0) is 9.84. The standard InChI is InChI=1S/C11H16O2/c1-5-13-11-7-9(3)8(2)6-10(11)12-4/h6-7H,5H2,1-4H3. The van der Waals surface area contributed by atoms with Gasteiger partial charge in [-0.3, -0.25) is 0 Å². The van der Waals surface area contributed by atoms with E-state index in [4.69, 9.17) is 9.47 Å². The van der Waals surface area contributed by atoms with Crippen molar-refractivity contribution in [1.82, 2.24) is 0 Å². The van der Waals surface area contributed by atoms with Gasteiger partial charge in [-0.1, -0.05) is 0 Å². The second kappa shape index (κ2) is 4.17. The van der Waals surface area contributed by atoms with Crippen molar-refractivity contribution in [2.45, 2.75) is 20.8 Å². The first-order valence-electron chi connectivity index (χ1n) is 4.47. The fraction of sp³-hybridized carbons (Fsp3) is 0.455. The van der Waals surface area contributed by atoms with Gasteiger partial charge in [-0.25, -0.2) is 0 Å². The van der Waals surface area contributed by atoms with Crippen LogP contribution < -0.4 is 9.47 Å². The van der Waals surface area contributed by atoms with Crippen molar-refractivity contribution in [3.63, 3.8) is 0 Å². The Bertz CT molecular complexity index is 292. The molecule has 1 aromatic rings. The summed E-state index contributed by atoms with van der Waals surface area (Å²) in [6, 6.07) is 4.01. The quantitative estimate of drug-likeness (QED) is 0.712. The lowest BCUT2D eigenvalue weighted by atomic mass is 10.1. The number of hydrogen-bond donors (Lipinski definition) is 0.